The van der Waals surface area contributed by atoms with Crippen LogP contribution in [0.15, 0.2) is 51.8 Å². The van der Waals surface area contributed by atoms with Gasteiger partial charge in [-0.2, -0.15) is 0 Å². The van der Waals surface area contributed by atoms with Crippen LogP contribution in [-0.4, -0.2) is 30.4 Å². The monoisotopic (exact) mass is 411 g/mol. The van der Waals surface area contributed by atoms with Gasteiger partial charge in [-0.25, -0.2) is 4.79 Å². The predicted octanol–water partition coefficient (Wildman–Crippen LogP) is 4.32. The van der Waals surface area contributed by atoms with Crippen molar-refractivity contribution in [2.24, 2.45) is 0 Å². The van der Waals surface area contributed by atoms with Crippen molar-refractivity contribution < 1.29 is 19.2 Å². The Morgan fingerprint density at radius 3 is 2.71 bits per heavy atom. The molecule has 0 N–H and O–H groups in total. The molecule has 0 fully saturated rings. The standard InChI is InChI=1S/C16H14BrNO5S/c1-24-15-6-5-11(9-14(15)18(20)21)16(19)23-8-7-22-13-4-2-3-12(17)10-13/h2-6,9-10H,7-8H2,1H3. The number of carbonyl (C=O) groups is 1. The van der Waals surface area contributed by atoms with E-state index in [4.69, 9.17) is 9.47 Å². The zero-order valence-corrected chi connectivity index (χ0v) is 15.1. The van der Waals surface area contributed by atoms with E-state index in [9.17, 15) is 14.9 Å². The molecule has 8 heteroatoms. The molecule has 0 spiro atoms. The van der Waals surface area contributed by atoms with Crippen LogP contribution >= 0.6 is 27.7 Å². The Balaban J connectivity index is 1.90. The third kappa shape index (κ3) is 4.97. The van der Waals surface area contributed by atoms with Crippen LogP contribution in [0.3, 0.4) is 0 Å². The Bertz CT molecular complexity index is 753. The summed E-state index contributed by atoms with van der Waals surface area (Å²) < 4.78 is 11.4. The second-order valence-corrected chi connectivity index (χ2v) is 6.35. The van der Waals surface area contributed by atoms with Gasteiger partial charge in [0.15, 0.2) is 0 Å². The van der Waals surface area contributed by atoms with Crippen molar-refractivity contribution in [1.29, 1.82) is 0 Å². The molecule has 2 aromatic carbocycles. The van der Waals surface area contributed by atoms with E-state index in [1.54, 1.807) is 18.4 Å². The van der Waals surface area contributed by atoms with Crippen molar-refractivity contribution in [1.82, 2.24) is 0 Å². The SMILES string of the molecule is CSc1ccc(C(=O)OCCOc2cccc(Br)c2)cc1[N+](=O)[O-]. The van der Waals surface area contributed by atoms with Gasteiger partial charge in [0.2, 0.25) is 0 Å². The van der Waals surface area contributed by atoms with Gasteiger partial charge in [0, 0.05) is 10.5 Å². The highest BCUT2D eigenvalue weighted by Gasteiger charge is 2.17. The van der Waals surface area contributed by atoms with Gasteiger partial charge >= 0.3 is 5.97 Å². The van der Waals surface area contributed by atoms with Crippen LogP contribution in [0.2, 0.25) is 0 Å². The molecule has 2 aromatic rings. The highest BCUT2D eigenvalue weighted by Crippen LogP contribution is 2.28. The van der Waals surface area contributed by atoms with E-state index < -0.39 is 10.9 Å². The van der Waals surface area contributed by atoms with Gasteiger partial charge in [0.1, 0.15) is 19.0 Å². The van der Waals surface area contributed by atoms with E-state index in [2.05, 4.69) is 15.9 Å². The lowest BCUT2D eigenvalue weighted by atomic mass is 10.2. The van der Waals surface area contributed by atoms with Gasteiger partial charge in [-0.1, -0.05) is 22.0 Å². The summed E-state index contributed by atoms with van der Waals surface area (Å²) in [6.07, 6.45) is 1.74. The molecular formula is C16H14BrNO5S. The second kappa shape index (κ2) is 8.70. The zero-order chi connectivity index (χ0) is 17.5. The Kier molecular flexibility index (Phi) is 6.62. The maximum Gasteiger partial charge on any atom is 0.338 e. The minimum Gasteiger partial charge on any atom is -0.490 e. The molecule has 0 atom stereocenters. The van der Waals surface area contributed by atoms with Crippen LogP contribution < -0.4 is 4.74 Å². The molecule has 2 rings (SSSR count). The summed E-state index contributed by atoms with van der Waals surface area (Å²) >= 11 is 4.58. The number of carbonyl (C=O) groups excluding carboxylic acids is 1. The van der Waals surface area contributed by atoms with Crippen LogP contribution in [0.1, 0.15) is 10.4 Å². The first-order chi connectivity index (χ1) is 11.5. The highest BCUT2D eigenvalue weighted by molar-refractivity contribution is 9.10. The number of benzene rings is 2. The molecule has 0 bridgehead atoms. The number of rotatable bonds is 7. The van der Waals surface area contributed by atoms with Gasteiger partial charge in [-0.05, 0) is 36.6 Å². The van der Waals surface area contributed by atoms with Crippen molar-refractivity contribution in [3.63, 3.8) is 0 Å². The fourth-order valence-electron chi connectivity index (χ4n) is 1.89. The number of nitro benzene ring substituents is 1. The minimum absolute atomic E-state index is 0.0451. The molecule has 0 unspecified atom stereocenters. The molecule has 0 radical (unpaired) electrons. The number of ether oxygens (including phenoxy) is 2. The average Bonchev–Trinajstić information content (AvgIpc) is 2.58. The van der Waals surface area contributed by atoms with Gasteiger partial charge in [-0.15, -0.1) is 11.8 Å². The summed E-state index contributed by atoms with van der Waals surface area (Å²) in [7, 11) is 0. The smallest absolute Gasteiger partial charge is 0.338 e. The van der Waals surface area contributed by atoms with E-state index in [-0.39, 0.29) is 24.5 Å². The molecule has 126 valence electrons. The fourth-order valence-corrected chi connectivity index (χ4v) is 2.82. The molecule has 0 saturated carbocycles. The summed E-state index contributed by atoms with van der Waals surface area (Å²) in [6, 6.07) is 11.6. The first-order valence-electron chi connectivity index (χ1n) is 6.89. The summed E-state index contributed by atoms with van der Waals surface area (Å²) in [6.45, 7) is 0.233. The van der Waals surface area contributed by atoms with E-state index in [0.717, 1.165) is 4.47 Å². The molecule has 0 amide bonds. The number of hydrogen-bond acceptors (Lipinski definition) is 6. The van der Waals surface area contributed by atoms with Crippen LogP contribution in [0.4, 0.5) is 5.69 Å². The van der Waals surface area contributed by atoms with Gasteiger partial charge in [0.05, 0.1) is 15.4 Å². The average molecular weight is 412 g/mol. The van der Waals surface area contributed by atoms with Crippen LogP contribution in [0.25, 0.3) is 0 Å². The Labute approximate surface area is 151 Å². The fraction of sp³-hybridized carbons (Fsp3) is 0.188. The molecule has 24 heavy (non-hydrogen) atoms. The van der Waals surface area contributed by atoms with Crippen molar-refractivity contribution in [3.8, 4) is 5.75 Å². The number of nitrogens with zero attached hydrogens (tertiary/aromatic N) is 1. The van der Waals surface area contributed by atoms with E-state index in [1.807, 2.05) is 12.1 Å². The van der Waals surface area contributed by atoms with E-state index in [1.165, 1.54) is 30.0 Å². The van der Waals surface area contributed by atoms with E-state index in [0.29, 0.717) is 10.6 Å². The quantitative estimate of drug-likeness (QED) is 0.222. The first-order valence-corrected chi connectivity index (χ1v) is 8.91. The van der Waals surface area contributed by atoms with Crippen molar-refractivity contribution in [3.05, 3.63) is 62.6 Å². The Morgan fingerprint density at radius 2 is 2.04 bits per heavy atom. The molecule has 0 aliphatic rings. The number of halogens is 1. The zero-order valence-electron chi connectivity index (χ0n) is 12.7. The summed E-state index contributed by atoms with van der Waals surface area (Å²) in [5.41, 5.74) is 0.0318. The van der Waals surface area contributed by atoms with Gasteiger partial charge in [0.25, 0.3) is 5.69 Å². The lowest BCUT2D eigenvalue weighted by Crippen LogP contribution is -2.12. The Hall–Kier alpha value is -2.06. The van der Waals surface area contributed by atoms with Crippen molar-refractivity contribution >= 4 is 39.3 Å². The first kappa shape index (κ1) is 18.3. The third-order valence-electron chi connectivity index (χ3n) is 2.99. The van der Waals surface area contributed by atoms with Gasteiger partial charge in [-0.3, -0.25) is 10.1 Å². The number of nitro groups is 1. The molecule has 0 aromatic heterocycles. The number of esters is 1. The largest absolute Gasteiger partial charge is 0.490 e. The van der Waals surface area contributed by atoms with Crippen LogP contribution in [0.5, 0.6) is 5.75 Å². The van der Waals surface area contributed by atoms with Crippen LogP contribution in [-0.2, 0) is 4.74 Å². The maximum absolute atomic E-state index is 12.0. The Morgan fingerprint density at radius 1 is 1.25 bits per heavy atom. The highest BCUT2D eigenvalue weighted by atomic mass is 79.9. The second-order valence-electron chi connectivity index (χ2n) is 4.59. The molecule has 6 nitrogen and oxygen atoms in total. The summed E-state index contributed by atoms with van der Waals surface area (Å²) in [5, 5.41) is 11.0. The van der Waals surface area contributed by atoms with Crippen molar-refractivity contribution in [2.75, 3.05) is 19.5 Å². The summed E-state index contributed by atoms with van der Waals surface area (Å²) in [5.74, 6) is 0.0315. The van der Waals surface area contributed by atoms with Crippen molar-refractivity contribution in [2.45, 2.75) is 4.90 Å². The lowest BCUT2D eigenvalue weighted by molar-refractivity contribution is -0.387. The topological polar surface area (TPSA) is 78.7 Å². The molecule has 0 aliphatic carbocycles. The van der Waals surface area contributed by atoms with Gasteiger partial charge < -0.3 is 9.47 Å². The maximum atomic E-state index is 12.0. The predicted molar refractivity (Wildman–Crippen MR) is 94.8 cm³/mol. The molecular weight excluding hydrogens is 398 g/mol. The van der Waals surface area contributed by atoms with E-state index >= 15 is 0 Å². The summed E-state index contributed by atoms with van der Waals surface area (Å²) in [4.78, 5) is 23.0. The normalized spacial score (nSPS) is 10.2. The molecule has 0 aliphatic heterocycles. The third-order valence-corrected chi connectivity index (χ3v) is 4.27. The lowest BCUT2D eigenvalue weighted by Gasteiger charge is -2.08. The van der Waals surface area contributed by atoms with Crippen LogP contribution in [0, 0.1) is 10.1 Å². The molecule has 0 heterocycles. The molecule has 0 saturated heterocycles. The number of thioether (sulfide) groups is 1. The minimum atomic E-state index is -0.622. The number of hydrogen-bond donors (Lipinski definition) is 0.